The van der Waals surface area contributed by atoms with Gasteiger partial charge in [-0.1, -0.05) is 24.3 Å². The van der Waals surface area contributed by atoms with E-state index in [2.05, 4.69) is 20.8 Å². The Morgan fingerprint density at radius 3 is 2.81 bits per heavy atom. The molecule has 1 aliphatic rings. The van der Waals surface area contributed by atoms with Gasteiger partial charge in [-0.15, -0.1) is 5.10 Å². The van der Waals surface area contributed by atoms with Crippen LogP contribution in [0.25, 0.3) is 5.69 Å². The predicted molar refractivity (Wildman–Crippen MR) is 96.6 cm³/mol. The highest BCUT2D eigenvalue weighted by molar-refractivity contribution is 5.79. The van der Waals surface area contributed by atoms with Crippen LogP contribution in [-0.2, 0) is 11.2 Å². The summed E-state index contributed by atoms with van der Waals surface area (Å²) in [6, 6.07) is 13.8. The Morgan fingerprint density at radius 1 is 1.22 bits per heavy atom. The molecule has 1 amide bonds. The van der Waals surface area contributed by atoms with Crippen LogP contribution >= 0.6 is 0 Å². The van der Waals surface area contributed by atoms with Gasteiger partial charge in [0.25, 0.3) is 0 Å². The van der Waals surface area contributed by atoms with E-state index in [1.165, 1.54) is 18.5 Å². The van der Waals surface area contributed by atoms with Gasteiger partial charge in [0, 0.05) is 19.6 Å². The van der Waals surface area contributed by atoms with Crippen LogP contribution in [0.15, 0.2) is 54.9 Å². The molecule has 138 valence electrons. The van der Waals surface area contributed by atoms with Crippen molar-refractivity contribution in [1.82, 2.24) is 30.4 Å². The summed E-state index contributed by atoms with van der Waals surface area (Å²) in [6.45, 7) is 1.95. The number of carbonyl (C=O) groups excluding carboxylic acids is 1. The molecule has 4 rings (SSSR count). The fourth-order valence-electron chi connectivity index (χ4n) is 3.34. The standard InChI is InChI=1S/C19H19FN6O/c20-16-3-1-2-15(11-16)18-12-21-8-9-25(18)19(27)10-14-4-6-17(7-5-14)26-13-22-23-24-26/h1-7,11,13,18,21H,8-10,12H2. The van der Waals surface area contributed by atoms with Gasteiger partial charge in [0.2, 0.25) is 5.91 Å². The lowest BCUT2D eigenvalue weighted by atomic mass is 10.0. The topological polar surface area (TPSA) is 75.9 Å². The SMILES string of the molecule is O=C(Cc1ccc(-n2cnnn2)cc1)N1CCNCC1c1cccc(F)c1. The molecule has 2 aromatic carbocycles. The number of rotatable bonds is 4. The first kappa shape index (κ1) is 17.3. The van der Waals surface area contributed by atoms with Crippen molar-refractivity contribution in [1.29, 1.82) is 0 Å². The van der Waals surface area contributed by atoms with Gasteiger partial charge in [-0.25, -0.2) is 9.07 Å². The Hall–Kier alpha value is -3.13. The summed E-state index contributed by atoms with van der Waals surface area (Å²) >= 11 is 0. The Morgan fingerprint density at radius 2 is 2.07 bits per heavy atom. The van der Waals surface area contributed by atoms with Crippen molar-refractivity contribution < 1.29 is 9.18 Å². The third kappa shape index (κ3) is 3.85. The second kappa shape index (κ2) is 7.63. The summed E-state index contributed by atoms with van der Waals surface area (Å²) in [7, 11) is 0. The minimum Gasteiger partial charge on any atom is -0.333 e. The molecule has 0 radical (unpaired) electrons. The second-order valence-electron chi connectivity index (χ2n) is 6.46. The van der Waals surface area contributed by atoms with Crippen molar-refractivity contribution in [2.45, 2.75) is 12.5 Å². The summed E-state index contributed by atoms with van der Waals surface area (Å²) in [6.07, 6.45) is 1.81. The number of piperazine rings is 1. The Labute approximate surface area is 155 Å². The molecular weight excluding hydrogens is 347 g/mol. The maximum absolute atomic E-state index is 13.6. The molecule has 1 saturated heterocycles. The monoisotopic (exact) mass is 366 g/mol. The summed E-state index contributed by atoms with van der Waals surface area (Å²) in [5.41, 5.74) is 2.55. The number of tetrazole rings is 1. The van der Waals surface area contributed by atoms with Crippen LogP contribution in [0.2, 0.25) is 0 Å². The zero-order valence-electron chi connectivity index (χ0n) is 14.6. The Balaban J connectivity index is 1.49. The highest BCUT2D eigenvalue weighted by Crippen LogP contribution is 2.24. The van der Waals surface area contributed by atoms with Crippen molar-refractivity contribution in [3.8, 4) is 5.69 Å². The third-order valence-corrected chi connectivity index (χ3v) is 4.70. The molecule has 1 unspecified atom stereocenters. The largest absolute Gasteiger partial charge is 0.333 e. The number of halogens is 1. The van der Waals surface area contributed by atoms with Crippen LogP contribution in [0.4, 0.5) is 4.39 Å². The predicted octanol–water partition coefficient (Wildman–Crippen LogP) is 1.52. The summed E-state index contributed by atoms with van der Waals surface area (Å²) < 4.78 is 15.2. The number of hydrogen-bond donors (Lipinski definition) is 1. The number of nitrogens with zero attached hydrogens (tertiary/aromatic N) is 5. The van der Waals surface area contributed by atoms with E-state index in [9.17, 15) is 9.18 Å². The maximum atomic E-state index is 13.6. The minimum atomic E-state index is -0.288. The van der Waals surface area contributed by atoms with Crippen molar-refractivity contribution in [2.75, 3.05) is 19.6 Å². The smallest absolute Gasteiger partial charge is 0.227 e. The number of nitrogens with one attached hydrogen (secondary N) is 1. The molecule has 7 nitrogen and oxygen atoms in total. The molecule has 27 heavy (non-hydrogen) atoms. The number of hydrogen-bond acceptors (Lipinski definition) is 5. The van der Waals surface area contributed by atoms with E-state index in [0.717, 1.165) is 23.4 Å². The molecule has 8 heteroatoms. The molecular formula is C19H19FN6O. The highest BCUT2D eigenvalue weighted by Gasteiger charge is 2.28. The molecule has 3 aromatic rings. The van der Waals surface area contributed by atoms with E-state index in [1.54, 1.807) is 10.7 Å². The lowest BCUT2D eigenvalue weighted by Crippen LogP contribution is -2.49. The molecule has 1 N–H and O–H groups in total. The molecule has 1 atom stereocenters. The first-order valence-electron chi connectivity index (χ1n) is 8.79. The minimum absolute atomic E-state index is 0.0286. The zero-order valence-corrected chi connectivity index (χ0v) is 14.6. The van der Waals surface area contributed by atoms with E-state index in [0.29, 0.717) is 19.5 Å². The van der Waals surface area contributed by atoms with Crippen LogP contribution in [0.3, 0.4) is 0 Å². The number of carbonyl (C=O) groups is 1. The van der Waals surface area contributed by atoms with E-state index < -0.39 is 0 Å². The molecule has 1 fully saturated rings. The Bertz CT molecular complexity index is 912. The third-order valence-electron chi connectivity index (χ3n) is 4.70. The van der Waals surface area contributed by atoms with Gasteiger partial charge in [0.15, 0.2) is 0 Å². The molecule has 0 aliphatic carbocycles. The average Bonchev–Trinajstić information content (AvgIpc) is 3.23. The second-order valence-corrected chi connectivity index (χ2v) is 6.46. The summed E-state index contributed by atoms with van der Waals surface area (Å²) in [4.78, 5) is 14.8. The molecule has 2 heterocycles. The zero-order chi connectivity index (χ0) is 18.6. The van der Waals surface area contributed by atoms with Crippen molar-refractivity contribution >= 4 is 5.91 Å². The molecule has 1 aromatic heterocycles. The van der Waals surface area contributed by atoms with Gasteiger partial charge in [-0.3, -0.25) is 4.79 Å². The van der Waals surface area contributed by atoms with E-state index in [1.807, 2.05) is 35.2 Å². The first-order chi connectivity index (χ1) is 13.2. The van der Waals surface area contributed by atoms with E-state index >= 15 is 0 Å². The number of aromatic nitrogens is 4. The summed E-state index contributed by atoms with van der Waals surface area (Å²) in [5.74, 6) is -0.260. The summed E-state index contributed by atoms with van der Waals surface area (Å²) in [5, 5.41) is 14.4. The maximum Gasteiger partial charge on any atom is 0.227 e. The van der Waals surface area contributed by atoms with Gasteiger partial charge in [-0.05, 0) is 45.8 Å². The van der Waals surface area contributed by atoms with Crippen LogP contribution in [-0.4, -0.2) is 50.6 Å². The number of benzene rings is 2. The van der Waals surface area contributed by atoms with Gasteiger partial charge >= 0.3 is 0 Å². The Kier molecular flexibility index (Phi) is 4.88. The highest BCUT2D eigenvalue weighted by atomic mass is 19.1. The lowest BCUT2D eigenvalue weighted by molar-refractivity contribution is -0.133. The molecule has 0 bridgehead atoms. The quantitative estimate of drug-likeness (QED) is 0.758. The average molecular weight is 366 g/mol. The van der Waals surface area contributed by atoms with Crippen LogP contribution in [0.1, 0.15) is 17.2 Å². The molecule has 1 aliphatic heterocycles. The van der Waals surface area contributed by atoms with Crippen molar-refractivity contribution in [2.24, 2.45) is 0 Å². The van der Waals surface area contributed by atoms with E-state index in [4.69, 9.17) is 0 Å². The van der Waals surface area contributed by atoms with Gasteiger partial charge in [-0.2, -0.15) is 0 Å². The normalized spacial score (nSPS) is 17.1. The molecule has 0 spiro atoms. The van der Waals surface area contributed by atoms with Gasteiger partial charge in [0.05, 0.1) is 18.2 Å². The molecule has 0 saturated carbocycles. The van der Waals surface area contributed by atoms with Gasteiger partial charge in [0.1, 0.15) is 12.1 Å². The van der Waals surface area contributed by atoms with E-state index in [-0.39, 0.29) is 17.8 Å². The van der Waals surface area contributed by atoms with Crippen LogP contribution in [0.5, 0.6) is 0 Å². The van der Waals surface area contributed by atoms with Crippen LogP contribution in [0, 0.1) is 5.82 Å². The van der Waals surface area contributed by atoms with Crippen molar-refractivity contribution in [3.63, 3.8) is 0 Å². The number of amides is 1. The lowest BCUT2D eigenvalue weighted by Gasteiger charge is -2.36. The fourth-order valence-corrected chi connectivity index (χ4v) is 3.34. The van der Waals surface area contributed by atoms with Crippen LogP contribution < -0.4 is 5.32 Å². The fraction of sp³-hybridized carbons (Fsp3) is 0.263. The van der Waals surface area contributed by atoms with Crippen molar-refractivity contribution in [3.05, 3.63) is 71.8 Å². The first-order valence-corrected chi connectivity index (χ1v) is 8.79. The van der Waals surface area contributed by atoms with Gasteiger partial charge < -0.3 is 10.2 Å².